The van der Waals surface area contributed by atoms with E-state index in [1.54, 1.807) is 0 Å². The number of halogens is 2. The number of sulfonamides is 1. The molecule has 1 fully saturated rings. The minimum absolute atomic E-state index is 0.240. The van der Waals surface area contributed by atoms with E-state index in [1.165, 1.54) is 11.3 Å². The van der Waals surface area contributed by atoms with E-state index in [9.17, 15) is 17.2 Å². The molecule has 3 rings (SSSR count). The molecule has 0 aromatic heterocycles. The van der Waals surface area contributed by atoms with Gasteiger partial charge in [-0.25, -0.2) is 21.9 Å². The van der Waals surface area contributed by atoms with Crippen molar-refractivity contribution < 1.29 is 17.2 Å². The summed E-state index contributed by atoms with van der Waals surface area (Å²) in [7, 11) is -3.90. The first-order valence-corrected chi connectivity index (χ1v) is 11.3. The highest BCUT2D eigenvalue weighted by Crippen LogP contribution is 2.18. The third kappa shape index (κ3) is 6.22. The molecular formula is C21H27F2N3O2S. The smallest absolute Gasteiger partial charge is 0.240 e. The number of benzene rings is 2. The van der Waals surface area contributed by atoms with Crippen LogP contribution in [-0.4, -0.2) is 52.6 Å². The fraction of sp³-hybridized carbons (Fsp3) is 0.429. The van der Waals surface area contributed by atoms with Crippen LogP contribution in [0.1, 0.15) is 18.4 Å². The first kappa shape index (κ1) is 21.7. The van der Waals surface area contributed by atoms with Gasteiger partial charge in [-0.1, -0.05) is 12.1 Å². The van der Waals surface area contributed by atoms with Gasteiger partial charge in [0.25, 0.3) is 0 Å². The van der Waals surface area contributed by atoms with Gasteiger partial charge in [-0.05, 0) is 56.1 Å². The molecule has 0 bridgehead atoms. The van der Waals surface area contributed by atoms with Crippen LogP contribution >= 0.6 is 0 Å². The third-order valence-corrected chi connectivity index (χ3v) is 6.52. The first-order valence-electron chi connectivity index (χ1n) is 9.83. The summed E-state index contributed by atoms with van der Waals surface area (Å²) in [6.45, 7) is 7.13. The molecule has 1 aliphatic heterocycles. The third-order valence-electron chi connectivity index (χ3n) is 5.08. The molecule has 1 N–H and O–H groups in total. The Kier molecular flexibility index (Phi) is 7.21. The molecule has 0 aliphatic carbocycles. The van der Waals surface area contributed by atoms with Crippen molar-refractivity contribution in [3.8, 4) is 0 Å². The highest BCUT2D eigenvalue weighted by Gasteiger charge is 2.18. The van der Waals surface area contributed by atoms with Crippen molar-refractivity contribution in [2.75, 3.05) is 44.2 Å². The normalized spacial score (nSPS) is 15.6. The molecule has 0 atom stereocenters. The first-order chi connectivity index (χ1) is 13.8. The fourth-order valence-electron chi connectivity index (χ4n) is 3.49. The molecule has 0 spiro atoms. The summed E-state index contributed by atoms with van der Waals surface area (Å²) < 4.78 is 53.1. The lowest BCUT2D eigenvalue weighted by atomic mass is 10.2. The van der Waals surface area contributed by atoms with Gasteiger partial charge < -0.3 is 4.90 Å². The molecule has 0 unspecified atom stereocenters. The highest BCUT2D eigenvalue weighted by molar-refractivity contribution is 7.89. The number of hydrogen-bond donors (Lipinski definition) is 1. The molecule has 2 aromatic rings. The molecule has 1 saturated heterocycles. The summed E-state index contributed by atoms with van der Waals surface area (Å²) in [6, 6.07) is 10.8. The van der Waals surface area contributed by atoms with Crippen LogP contribution in [0.5, 0.6) is 0 Å². The average molecular weight is 424 g/mol. The molecule has 158 valence electrons. The Morgan fingerprint density at radius 2 is 1.66 bits per heavy atom. The summed E-state index contributed by atoms with van der Waals surface area (Å²) >= 11 is 0. The van der Waals surface area contributed by atoms with Gasteiger partial charge in [0.05, 0.1) is 4.90 Å². The van der Waals surface area contributed by atoms with Crippen LogP contribution in [0.15, 0.2) is 47.4 Å². The SMILES string of the molecule is Cc1cccc(N2CCN(CCCCNS(=O)(=O)c3cc(F)cc(F)c3)CC2)c1. The van der Waals surface area contributed by atoms with E-state index in [1.807, 2.05) is 0 Å². The zero-order valence-electron chi connectivity index (χ0n) is 16.6. The number of aryl methyl sites for hydroxylation is 1. The van der Waals surface area contributed by atoms with Crippen molar-refractivity contribution >= 4 is 15.7 Å². The molecule has 1 heterocycles. The van der Waals surface area contributed by atoms with E-state index in [2.05, 4.69) is 45.7 Å². The number of hydrogen-bond acceptors (Lipinski definition) is 4. The molecule has 29 heavy (non-hydrogen) atoms. The van der Waals surface area contributed by atoms with Crippen molar-refractivity contribution in [3.63, 3.8) is 0 Å². The Morgan fingerprint density at radius 1 is 0.966 bits per heavy atom. The van der Waals surface area contributed by atoms with Crippen molar-refractivity contribution in [2.24, 2.45) is 0 Å². The van der Waals surface area contributed by atoms with E-state index in [-0.39, 0.29) is 11.4 Å². The second-order valence-corrected chi connectivity index (χ2v) is 9.14. The number of rotatable bonds is 8. The number of nitrogens with one attached hydrogen (secondary N) is 1. The summed E-state index contributed by atoms with van der Waals surface area (Å²) in [5, 5.41) is 0. The molecule has 1 aliphatic rings. The van der Waals surface area contributed by atoms with E-state index >= 15 is 0 Å². The fourth-order valence-corrected chi connectivity index (χ4v) is 4.60. The minimum atomic E-state index is -3.90. The maximum atomic E-state index is 13.2. The molecule has 0 radical (unpaired) electrons. The Labute approximate surface area is 171 Å². The molecule has 5 nitrogen and oxygen atoms in total. The van der Waals surface area contributed by atoms with Crippen LogP contribution in [0.2, 0.25) is 0 Å². The van der Waals surface area contributed by atoms with Gasteiger partial charge in [0.15, 0.2) is 0 Å². The Hall–Kier alpha value is -2.03. The molecule has 0 amide bonds. The quantitative estimate of drug-likeness (QED) is 0.663. The van der Waals surface area contributed by atoms with Crippen LogP contribution in [0.25, 0.3) is 0 Å². The van der Waals surface area contributed by atoms with Gasteiger partial charge in [-0.3, -0.25) is 4.90 Å². The summed E-state index contributed by atoms with van der Waals surface area (Å²) in [5.41, 5.74) is 2.52. The van der Waals surface area contributed by atoms with Gasteiger partial charge in [0.2, 0.25) is 10.0 Å². The van der Waals surface area contributed by atoms with E-state index < -0.39 is 21.7 Å². The van der Waals surface area contributed by atoms with Gasteiger partial charge in [0.1, 0.15) is 11.6 Å². The Balaban J connectivity index is 1.37. The number of piperazine rings is 1. The Bertz CT molecular complexity index is 909. The second-order valence-electron chi connectivity index (χ2n) is 7.38. The lowest BCUT2D eigenvalue weighted by Gasteiger charge is -2.36. The van der Waals surface area contributed by atoms with Gasteiger partial charge >= 0.3 is 0 Å². The summed E-state index contributed by atoms with van der Waals surface area (Å²) in [5.74, 6) is -1.81. The van der Waals surface area contributed by atoms with Crippen LogP contribution in [0, 0.1) is 18.6 Å². The summed E-state index contributed by atoms with van der Waals surface area (Å²) in [6.07, 6.45) is 1.51. The van der Waals surface area contributed by atoms with Gasteiger partial charge in [-0.2, -0.15) is 0 Å². The monoisotopic (exact) mass is 423 g/mol. The molecular weight excluding hydrogens is 396 g/mol. The van der Waals surface area contributed by atoms with Crippen LogP contribution < -0.4 is 9.62 Å². The van der Waals surface area contributed by atoms with Crippen molar-refractivity contribution in [3.05, 3.63) is 59.7 Å². The maximum absolute atomic E-state index is 13.2. The maximum Gasteiger partial charge on any atom is 0.240 e. The van der Waals surface area contributed by atoms with E-state index in [4.69, 9.17) is 0 Å². The average Bonchev–Trinajstić information content (AvgIpc) is 2.67. The zero-order valence-corrected chi connectivity index (χ0v) is 17.4. The lowest BCUT2D eigenvalue weighted by Crippen LogP contribution is -2.46. The number of anilines is 1. The molecule has 0 saturated carbocycles. The standard InChI is InChI=1S/C21H27F2N3O2S/c1-17-5-4-6-20(13-17)26-11-9-25(10-12-26)8-3-2-7-24-29(27,28)21-15-18(22)14-19(23)16-21/h4-6,13-16,24H,2-3,7-12H2,1H3. The number of nitrogens with zero attached hydrogens (tertiary/aromatic N) is 2. The lowest BCUT2D eigenvalue weighted by molar-refractivity contribution is 0.253. The predicted octanol–water partition coefficient (Wildman–Crippen LogP) is 3.15. The summed E-state index contributed by atoms with van der Waals surface area (Å²) in [4.78, 5) is 4.38. The minimum Gasteiger partial charge on any atom is -0.369 e. The second kappa shape index (κ2) is 9.65. The van der Waals surface area contributed by atoms with E-state index in [0.717, 1.165) is 51.3 Å². The topological polar surface area (TPSA) is 52.6 Å². The van der Waals surface area contributed by atoms with Crippen LogP contribution in [0.4, 0.5) is 14.5 Å². The molecule has 2 aromatic carbocycles. The van der Waals surface area contributed by atoms with Crippen molar-refractivity contribution in [2.45, 2.75) is 24.7 Å². The van der Waals surface area contributed by atoms with Crippen molar-refractivity contribution in [1.82, 2.24) is 9.62 Å². The van der Waals surface area contributed by atoms with Crippen molar-refractivity contribution in [1.29, 1.82) is 0 Å². The highest BCUT2D eigenvalue weighted by atomic mass is 32.2. The van der Waals surface area contributed by atoms with Gasteiger partial charge in [-0.15, -0.1) is 0 Å². The molecule has 8 heteroatoms. The van der Waals surface area contributed by atoms with Crippen LogP contribution in [-0.2, 0) is 10.0 Å². The largest absolute Gasteiger partial charge is 0.369 e. The predicted molar refractivity (Wildman–Crippen MR) is 111 cm³/mol. The Morgan fingerprint density at radius 3 is 2.31 bits per heavy atom. The van der Waals surface area contributed by atoms with Gasteiger partial charge in [0, 0.05) is 44.5 Å². The van der Waals surface area contributed by atoms with E-state index in [0.29, 0.717) is 12.5 Å². The zero-order chi connectivity index (χ0) is 20.9. The number of unbranched alkanes of at least 4 members (excludes halogenated alkanes) is 1. The van der Waals surface area contributed by atoms with Crippen LogP contribution in [0.3, 0.4) is 0 Å².